The summed E-state index contributed by atoms with van der Waals surface area (Å²) >= 11 is 0. The molecule has 0 aromatic heterocycles. The van der Waals surface area contributed by atoms with Crippen molar-refractivity contribution in [2.24, 2.45) is 46.3 Å². The van der Waals surface area contributed by atoms with Gasteiger partial charge in [-0.15, -0.1) is 0 Å². The molecule has 3 unspecified atom stereocenters. The molecule has 0 bridgehead atoms. The number of carbonyl (C=O) groups is 2. The van der Waals surface area contributed by atoms with Gasteiger partial charge < -0.3 is 18.9 Å². The van der Waals surface area contributed by atoms with Gasteiger partial charge in [0.25, 0.3) is 0 Å². The van der Waals surface area contributed by atoms with Crippen LogP contribution in [0.5, 0.6) is 0 Å². The second kappa shape index (κ2) is 30.0. The minimum atomic E-state index is -0.336. The van der Waals surface area contributed by atoms with E-state index in [1.165, 1.54) is 134 Å². The molecule has 7 nitrogen and oxygen atoms in total. The minimum Gasteiger partial charge on any atom is -0.466 e. The number of rotatable bonds is 33. The summed E-state index contributed by atoms with van der Waals surface area (Å²) in [5.41, 5.74) is 2.26. The number of ether oxygens (including phenoxy) is 4. The standard InChI is InChI=1S/C60H103NO6/c1-8-9-10-11-12-13-14-15-16-17-18-19-20-21-22-23-41-64-46-52(45-61-40-25-29-49(61)5)65-42-26-43-66-57(62)34-35-58(63)67-51-36-38-59(6)50(44-51)30-31-53-55-33-32-54(48(4)28-24-27-47(2)3)60(55,7)39-37-56(53)59/h12-13,15-16,30,47-49,51-56H,8-11,14,17-29,31-46H2,1-7H3/b13-12-,16-15-/t48-,49-,51+,52-,53?,54-,55?,56?,59+,60-/m1/s1. The largest absolute Gasteiger partial charge is 0.466 e. The number of hydrogen-bond donors (Lipinski definition) is 0. The number of fused-ring (bicyclic) bond motifs is 5. The number of esters is 2. The van der Waals surface area contributed by atoms with Crippen molar-refractivity contribution in [2.75, 3.05) is 39.5 Å². The van der Waals surface area contributed by atoms with Crippen molar-refractivity contribution in [3.8, 4) is 0 Å². The number of unbranched alkanes of at least 4 members (excludes halogenated alkanes) is 9. The summed E-state index contributed by atoms with van der Waals surface area (Å²) in [5, 5.41) is 0. The van der Waals surface area contributed by atoms with Crippen molar-refractivity contribution in [3.05, 3.63) is 36.0 Å². The van der Waals surface area contributed by atoms with E-state index in [1.54, 1.807) is 0 Å². The molecule has 5 aliphatic rings. The van der Waals surface area contributed by atoms with Gasteiger partial charge >= 0.3 is 11.9 Å². The summed E-state index contributed by atoms with van der Waals surface area (Å²) in [7, 11) is 0. The van der Waals surface area contributed by atoms with Crippen LogP contribution in [0.4, 0.5) is 0 Å². The second-order valence-corrected chi connectivity index (χ2v) is 23.4. The average Bonchev–Trinajstić information content (AvgIpc) is 3.88. The van der Waals surface area contributed by atoms with Gasteiger partial charge in [-0.3, -0.25) is 14.5 Å². The maximum absolute atomic E-state index is 13.0. The lowest BCUT2D eigenvalue weighted by atomic mass is 9.47. The first-order valence-electron chi connectivity index (χ1n) is 28.7. The molecule has 1 aliphatic heterocycles. The quantitative estimate of drug-likeness (QED) is 0.0369. The van der Waals surface area contributed by atoms with Crippen LogP contribution >= 0.6 is 0 Å². The van der Waals surface area contributed by atoms with Crippen LogP contribution in [-0.4, -0.2) is 74.6 Å². The average molecular weight is 934 g/mol. The molecule has 67 heavy (non-hydrogen) atoms. The summed E-state index contributed by atoms with van der Waals surface area (Å²) in [4.78, 5) is 28.2. The van der Waals surface area contributed by atoms with Crippen LogP contribution in [0.3, 0.4) is 0 Å². The van der Waals surface area contributed by atoms with Gasteiger partial charge in [0.05, 0.1) is 38.8 Å². The van der Waals surface area contributed by atoms with E-state index < -0.39 is 0 Å². The van der Waals surface area contributed by atoms with Crippen molar-refractivity contribution in [3.63, 3.8) is 0 Å². The molecule has 4 aliphatic carbocycles. The van der Waals surface area contributed by atoms with Crippen LogP contribution in [0.1, 0.15) is 228 Å². The van der Waals surface area contributed by atoms with Crippen LogP contribution in [0.2, 0.25) is 0 Å². The first-order valence-corrected chi connectivity index (χ1v) is 28.7. The van der Waals surface area contributed by atoms with Gasteiger partial charge in [0.15, 0.2) is 0 Å². The first-order chi connectivity index (χ1) is 32.4. The molecule has 7 heteroatoms. The highest BCUT2D eigenvalue weighted by Gasteiger charge is 2.59. The lowest BCUT2D eigenvalue weighted by molar-refractivity contribution is -0.155. The molecule has 0 amide bonds. The molecule has 384 valence electrons. The molecular weight excluding hydrogens is 831 g/mol. The second-order valence-electron chi connectivity index (χ2n) is 23.4. The Morgan fingerprint density at radius 1 is 0.776 bits per heavy atom. The molecule has 5 rings (SSSR count). The summed E-state index contributed by atoms with van der Waals surface area (Å²) in [6.45, 7) is 21.3. The molecule has 3 saturated carbocycles. The van der Waals surface area contributed by atoms with Crippen LogP contribution in [0.25, 0.3) is 0 Å². The molecule has 1 saturated heterocycles. The highest BCUT2D eigenvalue weighted by atomic mass is 16.6. The van der Waals surface area contributed by atoms with E-state index in [9.17, 15) is 9.59 Å². The van der Waals surface area contributed by atoms with Gasteiger partial charge in [0.1, 0.15) is 6.10 Å². The maximum Gasteiger partial charge on any atom is 0.306 e. The van der Waals surface area contributed by atoms with E-state index in [-0.39, 0.29) is 42.4 Å². The topological polar surface area (TPSA) is 74.3 Å². The highest BCUT2D eigenvalue weighted by Crippen LogP contribution is 2.67. The third-order valence-electron chi connectivity index (χ3n) is 17.9. The molecule has 0 aromatic carbocycles. The minimum absolute atomic E-state index is 0.00987. The lowest BCUT2D eigenvalue weighted by Crippen LogP contribution is -2.51. The van der Waals surface area contributed by atoms with Gasteiger partial charge in [-0.1, -0.05) is 135 Å². The van der Waals surface area contributed by atoms with Crippen molar-refractivity contribution in [1.82, 2.24) is 4.90 Å². The molecule has 1 heterocycles. The van der Waals surface area contributed by atoms with Gasteiger partial charge in [0, 0.05) is 32.0 Å². The van der Waals surface area contributed by atoms with E-state index >= 15 is 0 Å². The van der Waals surface area contributed by atoms with Gasteiger partial charge in [-0.25, -0.2) is 0 Å². The Morgan fingerprint density at radius 3 is 2.27 bits per heavy atom. The summed E-state index contributed by atoms with van der Waals surface area (Å²) in [5.74, 6) is 4.31. The fraction of sp³-hybridized carbons (Fsp3) is 0.867. The molecule has 0 spiro atoms. The number of carbonyl (C=O) groups excluding carboxylic acids is 2. The summed E-state index contributed by atoms with van der Waals surface area (Å²) in [6.07, 6.45) is 43.8. The number of hydrogen-bond acceptors (Lipinski definition) is 7. The molecule has 0 N–H and O–H groups in total. The van der Waals surface area contributed by atoms with Crippen molar-refractivity contribution >= 4 is 11.9 Å². The zero-order valence-electron chi connectivity index (χ0n) is 44.5. The first kappa shape index (κ1) is 56.0. The summed E-state index contributed by atoms with van der Waals surface area (Å²) < 4.78 is 24.1. The molecular formula is C60H103NO6. The van der Waals surface area contributed by atoms with Crippen LogP contribution in [0.15, 0.2) is 36.0 Å². The van der Waals surface area contributed by atoms with E-state index in [0.29, 0.717) is 37.7 Å². The Hall–Kier alpha value is -1.96. The van der Waals surface area contributed by atoms with Gasteiger partial charge in [0.2, 0.25) is 0 Å². The SMILES string of the molecule is CCCCC/C=C\C/C=C\CCCCCCCCOC[C@@H](CN1CCC[C@H]1C)OCCCOC(=O)CCC(=O)O[C@H]1CC[C@@]2(C)C(=CCC3C2CC[C@@]2(C)C3CC[C@@H]2[C@H](C)CCCC(C)C)C1. The van der Waals surface area contributed by atoms with Gasteiger partial charge in [-0.2, -0.15) is 0 Å². The predicted octanol–water partition coefficient (Wildman–Crippen LogP) is 15.4. The zero-order valence-corrected chi connectivity index (χ0v) is 44.5. The third-order valence-corrected chi connectivity index (χ3v) is 17.9. The van der Waals surface area contributed by atoms with Crippen LogP contribution < -0.4 is 0 Å². The Kier molecular flexibility index (Phi) is 25.1. The van der Waals surface area contributed by atoms with E-state index in [4.69, 9.17) is 18.9 Å². The van der Waals surface area contributed by atoms with Gasteiger partial charge in [-0.05, 0) is 156 Å². The Labute approximate surface area is 412 Å². The molecule has 10 atom stereocenters. The van der Waals surface area contributed by atoms with Crippen molar-refractivity contribution < 1.29 is 28.5 Å². The fourth-order valence-electron chi connectivity index (χ4n) is 13.9. The number of likely N-dealkylation sites (tertiary alicyclic amines) is 1. The van der Waals surface area contributed by atoms with Crippen molar-refractivity contribution in [2.45, 2.75) is 246 Å². The smallest absolute Gasteiger partial charge is 0.306 e. The normalized spacial score (nSPS) is 29.5. The van der Waals surface area contributed by atoms with Crippen LogP contribution in [0, 0.1) is 46.3 Å². The van der Waals surface area contributed by atoms with Crippen LogP contribution in [-0.2, 0) is 28.5 Å². The molecule has 4 fully saturated rings. The Balaban J connectivity index is 0.911. The number of nitrogens with zero attached hydrogens (tertiary/aromatic N) is 1. The van der Waals surface area contributed by atoms with Crippen molar-refractivity contribution in [1.29, 1.82) is 0 Å². The van der Waals surface area contributed by atoms with E-state index in [2.05, 4.69) is 83.7 Å². The Morgan fingerprint density at radius 2 is 1.52 bits per heavy atom. The molecule has 0 radical (unpaired) electrons. The zero-order chi connectivity index (χ0) is 47.9. The summed E-state index contributed by atoms with van der Waals surface area (Å²) in [6, 6.07) is 0.577. The van der Waals surface area contributed by atoms with E-state index in [0.717, 1.165) is 87.3 Å². The third kappa shape index (κ3) is 18.0. The lowest BCUT2D eigenvalue weighted by Gasteiger charge is -2.58. The molecule has 0 aromatic rings. The maximum atomic E-state index is 13.0. The predicted molar refractivity (Wildman–Crippen MR) is 278 cm³/mol. The number of allylic oxidation sites excluding steroid dienone is 5. The van der Waals surface area contributed by atoms with E-state index in [1.807, 2.05) is 0 Å². The highest BCUT2D eigenvalue weighted by molar-refractivity contribution is 5.77. The fourth-order valence-corrected chi connectivity index (χ4v) is 13.9. The Bertz CT molecular complexity index is 1500. The monoisotopic (exact) mass is 934 g/mol.